The maximum atomic E-state index is 13.4. The fourth-order valence-electron chi connectivity index (χ4n) is 4.00. The molecule has 4 rings (SSSR count). The molecule has 0 spiro atoms. The highest BCUT2D eigenvalue weighted by Crippen LogP contribution is 2.47. The van der Waals surface area contributed by atoms with E-state index in [2.05, 4.69) is 78.1 Å². The van der Waals surface area contributed by atoms with Crippen molar-refractivity contribution in [2.24, 2.45) is 0 Å². The molecule has 132 valence electrons. The predicted octanol–water partition coefficient (Wildman–Crippen LogP) is 5.37. The van der Waals surface area contributed by atoms with Gasteiger partial charge in [-0.3, -0.25) is 4.79 Å². The first-order valence-corrected chi connectivity index (χ1v) is 12.5. The summed E-state index contributed by atoms with van der Waals surface area (Å²) in [4.78, 5) is 13.4. The summed E-state index contributed by atoms with van der Waals surface area (Å²) in [5.74, 6) is 0.310. The van der Waals surface area contributed by atoms with Gasteiger partial charge in [-0.2, -0.15) is 0 Å². The van der Waals surface area contributed by atoms with E-state index in [1.165, 1.54) is 16.3 Å². The zero-order valence-electron chi connectivity index (χ0n) is 14.9. The fraction of sp³-hybridized carbons (Fsp3) is 0.227. The van der Waals surface area contributed by atoms with Crippen LogP contribution in [0.2, 0.25) is 0 Å². The predicted molar refractivity (Wildman–Crippen MR) is 115 cm³/mol. The highest BCUT2D eigenvalue weighted by atomic mass is 32.0. The Morgan fingerprint density at radius 1 is 0.962 bits per heavy atom. The zero-order valence-corrected chi connectivity index (χ0v) is 16.9. The molecule has 2 unspecified atom stereocenters. The standard InChI is InChI=1S/C22H23NOP2/c1-25-26-23-14-13-22(21(23)24,20-9-3-2-4-10-20)16-17-11-12-18-7-5-6-8-19(18)15-17/h2-12,15,25-26H,13-14,16H2,1H3/t22-/m1/s1. The molecule has 4 heteroatoms. The first kappa shape index (κ1) is 17.7. The molecule has 1 fully saturated rings. The van der Waals surface area contributed by atoms with Crippen molar-refractivity contribution in [3.05, 3.63) is 83.9 Å². The van der Waals surface area contributed by atoms with E-state index >= 15 is 0 Å². The zero-order chi connectivity index (χ0) is 18.0. The Kier molecular flexibility index (Phi) is 5.07. The van der Waals surface area contributed by atoms with Crippen molar-refractivity contribution >= 4 is 33.4 Å². The lowest BCUT2D eigenvalue weighted by atomic mass is 9.74. The van der Waals surface area contributed by atoms with Crippen molar-refractivity contribution in [2.75, 3.05) is 13.2 Å². The Morgan fingerprint density at radius 3 is 2.46 bits per heavy atom. The number of fused-ring (bicyclic) bond motifs is 1. The third-order valence-electron chi connectivity index (χ3n) is 5.31. The van der Waals surface area contributed by atoms with Crippen LogP contribution in [0.1, 0.15) is 17.5 Å². The van der Waals surface area contributed by atoms with Gasteiger partial charge in [0, 0.05) is 15.0 Å². The van der Waals surface area contributed by atoms with Crippen LogP contribution in [0.5, 0.6) is 0 Å². The Labute approximate surface area is 158 Å². The van der Waals surface area contributed by atoms with Crippen molar-refractivity contribution < 1.29 is 4.79 Å². The molecule has 0 bridgehead atoms. The van der Waals surface area contributed by atoms with Gasteiger partial charge in [-0.05, 0) is 41.4 Å². The first-order chi connectivity index (χ1) is 12.7. The van der Waals surface area contributed by atoms with E-state index in [1.54, 1.807) is 0 Å². The van der Waals surface area contributed by atoms with Crippen LogP contribution in [0, 0.1) is 0 Å². The second-order valence-electron chi connectivity index (χ2n) is 6.88. The van der Waals surface area contributed by atoms with Crippen LogP contribution in [0.3, 0.4) is 0 Å². The Morgan fingerprint density at radius 2 is 1.69 bits per heavy atom. The van der Waals surface area contributed by atoms with Crippen LogP contribution in [-0.4, -0.2) is 23.8 Å². The molecule has 2 nitrogen and oxygen atoms in total. The summed E-state index contributed by atoms with van der Waals surface area (Å²) in [6.07, 6.45) is 1.68. The molecular formula is C22H23NOP2. The van der Waals surface area contributed by atoms with Gasteiger partial charge in [0.1, 0.15) is 0 Å². The number of nitrogens with zero attached hydrogens (tertiary/aromatic N) is 1. The average molecular weight is 379 g/mol. The molecule has 0 radical (unpaired) electrons. The summed E-state index contributed by atoms with van der Waals surface area (Å²) >= 11 is 0. The summed E-state index contributed by atoms with van der Waals surface area (Å²) in [6, 6.07) is 25.4. The normalized spacial score (nSPS) is 21.0. The molecule has 0 N–H and O–H groups in total. The molecule has 3 aromatic rings. The molecule has 1 amide bonds. The van der Waals surface area contributed by atoms with Crippen LogP contribution in [0.4, 0.5) is 0 Å². The van der Waals surface area contributed by atoms with E-state index in [0.29, 0.717) is 14.3 Å². The smallest absolute Gasteiger partial charge is 0.236 e. The van der Waals surface area contributed by atoms with Crippen molar-refractivity contribution in [3.63, 3.8) is 0 Å². The monoisotopic (exact) mass is 379 g/mol. The minimum atomic E-state index is -0.420. The Balaban J connectivity index is 1.75. The number of hydrogen-bond acceptors (Lipinski definition) is 1. The second-order valence-corrected chi connectivity index (χ2v) is 10.3. The molecule has 1 saturated heterocycles. The summed E-state index contributed by atoms with van der Waals surface area (Å²) in [5, 5.41) is 2.49. The molecule has 0 aromatic heterocycles. The minimum absolute atomic E-state index is 0.310. The van der Waals surface area contributed by atoms with Crippen LogP contribution in [0.15, 0.2) is 72.8 Å². The lowest BCUT2D eigenvalue weighted by Crippen LogP contribution is -2.37. The molecule has 3 aromatic carbocycles. The molecule has 0 aliphatic carbocycles. The average Bonchev–Trinajstić information content (AvgIpc) is 3.00. The number of rotatable bonds is 5. The summed E-state index contributed by atoms with van der Waals surface area (Å²) in [5.41, 5.74) is 1.98. The first-order valence-electron chi connectivity index (χ1n) is 9.00. The number of carbonyl (C=O) groups is 1. The number of hydrogen-bond donors (Lipinski definition) is 0. The number of amides is 1. The molecular weight excluding hydrogens is 356 g/mol. The highest BCUT2D eigenvalue weighted by Gasteiger charge is 2.47. The lowest BCUT2D eigenvalue weighted by molar-refractivity contribution is -0.128. The molecule has 1 aliphatic rings. The van der Waals surface area contributed by atoms with Gasteiger partial charge >= 0.3 is 0 Å². The highest BCUT2D eigenvalue weighted by molar-refractivity contribution is 8.10. The number of carbonyl (C=O) groups excluding carboxylic acids is 1. The quantitative estimate of drug-likeness (QED) is 0.546. The van der Waals surface area contributed by atoms with Crippen molar-refractivity contribution in [3.8, 4) is 0 Å². The maximum absolute atomic E-state index is 13.4. The molecule has 0 saturated carbocycles. The van der Waals surface area contributed by atoms with E-state index in [4.69, 9.17) is 0 Å². The SMILES string of the molecule is CPPN1CC[C@@](Cc2ccc3ccccc3c2)(c2ccccc2)C1=O. The molecule has 1 aliphatic heterocycles. The van der Waals surface area contributed by atoms with Gasteiger partial charge in [0.2, 0.25) is 5.91 Å². The van der Waals surface area contributed by atoms with Crippen LogP contribution in [0.25, 0.3) is 10.8 Å². The number of benzene rings is 3. The van der Waals surface area contributed by atoms with Gasteiger partial charge < -0.3 is 4.67 Å². The van der Waals surface area contributed by atoms with Crippen molar-refractivity contribution in [1.29, 1.82) is 0 Å². The summed E-state index contributed by atoms with van der Waals surface area (Å²) in [6.45, 7) is 3.05. The Bertz CT molecular complexity index is 928. The third kappa shape index (κ3) is 3.18. The fourth-order valence-corrected chi connectivity index (χ4v) is 6.26. The molecule has 26 heavy (non-hydrogen) atoms. The van der Waals surface area contributed by atoms with E-state index in [0.717, 1.165) is 33.2 Å². The van der Waals surface area contributed by atoms with Crippen molar-refractivity contribution in [1.82, 2.24) is 4.67 Å². The van der Waals surface area contributed by atoms with Gasteiger partial charge in [-0.25, -0.2) is 0 Å². The van der Waals surface area contributed by atoms with Crippen molar-refractivity contribution in [2.45, 2.75) is 18.3 Å². The lowest BCUT2D eigenvalue weighted by Gasteiger charge is -2.29. The van der Waals surface area contributed by atoms with Gasteiger partial charge in [-0.1, -0.05) is 81.1 Å². The summed E-state index contributed by atoms with van der Waals surface area (Å²) < 4.78 is 2.09. The largest absolute Gasteiger partial charge is 0.320 e. The van der Waals surface area contributed by atoms with Crippen LogP contribution in [-0.2, 0) is 16.6 Å². The van der Waals surface area contributed by atoms with Gasteiger partial charge in [0.05, 0.1) is 5.41 Å². The molecule has 3 atom stereocenters. The third-order valence-corrected chi connectivity index (χ3v) is 7.71. The van der Waals surface area contributed by atoms with Gasteiger partial charge in [-0.15, -0.1) is 0 Å². The molecule has 1 heterocycles. The minimum Gasteiger partial charge on any atom is -0.320 e. The topological polar surface area (TPSA) is 20.3 Å². The summed E-state index contributed by atoms with van der Waals surface area (Å²) in [7, 11) is 1.42. The van der Waals surface area contributed by atoms with E-state index < -0.39 is 5.41 Å². The van der Waals surface area contributed by atoms with Crippen LogP contribution < -0.4 is 0 Å². The van der Waals surface area contributed by atoms with E-state index in [9.17, 15) is 4.79 Å². The van der Waals surface area contributed by atoms with Gasteiger partial charge in [0.25, 0.3) is 0 Å². The van der Waals surface area contributed by atoms with E-state index in [-0.39, 0.29) is 0 Å². The van der Waals surface area contributed by atoms with E-state index in [1.807, 2.05) is 6.07 Å². The maximum Gasteiger partial charge on any atom is 0.236 e. The van der Waals surface area contributed by atoms with Crippen LogP contribution >= 0.6 is 16.7 Å². The Hall–Kier alpha value is -1.75. The second kappa shape index (κ2) is 7.47. The van der Waals surface area contributed by atoms with Gasteiger partial charge in [0.15, 0.2) is 0 Å².